The van der Waals surface area contributed by atoms with E-state index in [9.17, 15) is 26.9 Å². The van der Waals surface area contributed by atoms with Crippen LogP contribution in [0.15, 0.2) is 47.4 Å². The molecule has 0 spiro atoms. The Hall–Kier alpha value is -4.22. The van der Waals surface area contributed by atoms with Crippen molar-refractivity contribution in [1.82, 2.24) is 19.5 Å². The van der Waals surface area contributed by atoms with Gasteiger partial charge in [-0.15, -0.1) is 0 Å². The van der Waals surface area contributed by atoms with Crippen LogP contribution >= 0.6 is 0 Å². The van der Waals surface area contributed by atoms with E-state index < -0.39 is 34.1 Å². The van der Waals surface area contributed by atoms with Gasteiger partial charge in [0, 0.05) is 18.9 Å². The third kappa shape index (κ3) is 5.50. The standard InChI is InChI=1S/C25H22F3N7O3S/c1-39(36,37)18-11-14(26)8-9-16(18)31-17-12-20(32-19-6-4-5-15(13-29)30-19)33-24-22(17)34-25(23(27)28)35(24)21-7-2-3-10-38-21/h4-6,8-9,11-12,21,23H,2-3,7,10H2,1H3,(H2,30,31,32,33). The van der Waals surface area contributed by atoms with Crippen LogP contribution in [0.4, 0.5) is 36.2 Å². The molecule has 0 bridgehead atoms. The molecule has 1 aliphatic heterocycles. The zero-order chi connectivity index (χ0) is 27.7. The van der Waals surface area contributed by atoms with Crippen molar-refractivity contribution in [3.05, 3.63) is 59.8 Å². The molecule has 1 fully saturated rings. The number of ether oxygens (including phenoxy) is 1. The van der Waals surface area contributed by atoms with Gasteiger partial charge in [0.15, 0.2) is 21.3 Å². The first-order valence-corrected chi connectivity index (χ1v) is 13.8. The number of nitriles is 1. The Kier molecular flexibility index (Phi) is 7.11. The Labute approximate surface area is 221 Å². The number of hydrogen-bond donors (Lipinski definition) is 2. The first-order valence-electron chi connectivity index (χ1n) is 11.9. The fourth-order valence-corrected chi connectivity index (χ4v) is 5.20. The van der Waals surface area contributed by atoms with Gasteiger partial charge in [-0.25, -0.2) is 36.5 Å². The number of nitrogens with one attached hydrogen (secondary N) is 2. The number of fused-ring (bicyclic) bond motifs is 1. The molecule has 1 aromatic carbocycles. The minimum absolute atomic E-state index is 0.0176. The van der Waals surface area contributed by atoms with Crippen LogP contribution in [0.25, 0.3) is 11.2 Å². The summed E-state index contributed by atoms with van der Waals surface area (Å²) in [4.78, 5) is 12.5. The summed E-state index contributed by atoms with van der Waals surface area (Å²) in [5, 5.41) is 15.1. The predicted octanol–water partition coefficient (Wildman–Crippen LogP) is 5.36. The average Bonchev–Trinajstić information content (AvgIpc) is 3.30. The number of aromatic nitrogens is 4. The molecule has 1 aliphatic rings. The van der Waals surface area contributed by atoms with E-state index in [4.69, 9.17) is 4.74 Å². The Morgan fingerprint density at radius 3 is 2.59 bits per heavy atom. The van der Waals surface area contributed by atoms with E-state index >= 15 is 0 Å². The quantitative estimate of drug-likeness (QED) is 0.308. The van der Waals surface area contributed by atoms with Crippen LogP contribution in [0.1, 0.15) is 43.4 Å². The fraction of sp³-hybridized carbons (Fsp3) is 0.280. The third-order valence-electron chi connectivity index (χ3n) is 6.05. The lowest BCUT2D eigenvalue weighted by Gasteiger charge is -2.25. The number of rotatable bonds is 7. The first kappa shape index (κ1) is 26.4. The second-order valence-electron chi connectivity index (χ2n) is 8.87. The van der Waals surface area contributed by atoms with Gasteiger partial charge in [-0.05, 0) is 49.6 Å². The highest BCUT2D eigenvalue weighted by molar-refractivity contribution is 7.90. The Balaban J connectivity index is 1.71. The maximum absolute atomic E-state index is 14.2. The molecular weight excluding hydrogens is 535 g/mol. The number of imidazole rings is 1. The molecule has 2 N–H and O–H groups in total. The minimum atomic E-state index is -3.87. The van der Waals surface area contributed by atoms with Gasteiger partial charge in [-0.2, -0.15) is 5.26 Å². The lowest BCUT2D eigenvalue weighted by molar-refractivity contribution is -0.0363. The van der Waals surface area contributed by atoms with Crippen molar-refractivity contribution in [1.29, 1.82) is 5.26 Å². The molecule has 0 aliphatic carbocycles. The van der Waals surface area contributed by atoms with Crippen molar-refractivity contribution in [3.63, 3.8) is 0 Å². The third-order valence-corrected chi connectivity index (χ3v) is 7.18. The van der Waals surface area contributed by atoms with E-state index in [1.54, 1.807) is 12.1 Å². The number of sulfone groups is 1. The number of pyridine rings is 2. The van der Waals surface area contributed by atoms with Gasteiger partial charge in [-0.1, -0.05) is 6.07 Å². The molecule has 4 aromatic rings. The summed E-state index contributed by atoms with van der Waals surface area (Å²) in [5.41, 5.74) is 0.386. The summed E-state index contributed by atoms with van der Waals surface area (Å²) in [5.74, 6) is -0.907. The zero-order valence-electron chi connectivity index (χ0n) is 20.5. The normalized spacial score (nSPS) is 15.8. The molecule has 1 saturated heterocycles. The van der Waals surface area contributed by atoms with Crippen molar-refractivity contribution < 1.29 is 26.3 Å². The summed E-state index contributed by atoms with van der Waals surface area (Å²) < 4.78 is 74.1. The van der Waals surface area contributed by atoms with E-state index in [1.165, 1.54) is 22.8 Å². The van der Waals surface area contributed by atoms with Crippen molar-refractivity contribution in [2.75, 3.05) is 23.5 Å². The second-order valence-corrected chi connectivity index (χ2v) is 10.9. The molecule has 0 amide bonds. The molecule has 5 rings (SSSR count). The van der Waals surface area contributed by atoms with Gasteiger partial charge in [0.25, 0.3) is 6.43 Å². The Morgan fingerprint density at radius 2 is 1.90 bits per heavy atom. The number of halogens is 3. The van der Waals surface area contributed by atoms with Gasteiger partial charge in [0.2, 0.25) is 0 Å². The van der Waals surface area contributed by atoms with Gasteiger partial charge in [0.05, 0.1) is 16.3 Å². The highest BCUT2D eigenvalue weighted by Gasteiger charge is 2.29. The summed E-state index contributed by atoms with van der Waals surface area (Å²) in [6, 6.07) is 11.3. The Bertz CT molecular complexity index is 1700. The summed E-state index contributed by atoms with van der Waals surface area (Å²) in [7, 11) is -3.87. The predicted molar refractivity (Wildman–Crippen MR) is 136 cm³/mol. The Morgan fingerprint density at radius 1 is 1.08 bits per heavy atom. The maximum Gasteiger partial charge on any atom is 0.295 e. The van der Waals surface area contributed by atoms with Gasteiger partial charge < -0.3 is 15.4 Å². The van der Waals surface area contributed by atoms with Crippen LogP contribution in [0.2, 0.25) is 0 Å². The van der Waals surface area contributed by atoms with Gasteiger partial charge in [-0.3, -0.25) is 4.57 Å². The van der Waals surface area contributed by atoms with E-state index in [0.717, 1.165) is 31.2 Å². The molecule has 3 aromatic heterocycles. The largest absolute Gasteiger partial charge is 0.358 e. The van der Waals surface area contributed by atoms with Crippen LogP contribution in [0.5, 0.6) is 0 Å². The zero-order valence-corrected chi connectivity index (χ0v) is 21.3. The first-order chi connectivity index (χ1) is 18.6. The number of hydrogen-bond acceptors (Lipinski definition) is 9. The highest BCUT2D eigenvalue weighted by atomic mass is 32.2. The number of anilines is 4. The maximum atomic E-state index is 14.2. The second kappa shape index (κ2) is 10.5. The van der Waals surface area contributed by atoms with Crippen molar-refractivity contribution in [2.45, 2.75) is 36.8 Å². The lowest BCUT2D eigenvalue weighted by atomic mass is 10.2. The summed E-state index contributed by atoms with van der Waals surface area (Å²) >= 11 is 0. The van der Waals surface area contributed by atoms with E-state index in [1.807, 2.05) is 6.07 Å². The monoisotopic (exact) mass is 557 g/mol. The van der Waals surface area contributed by atoms with E-state index in [0.29, 0.717) is 13.0 Å². The van der Waals surface area contributed by atoms with Crippen molar-refractivity contribution in [3.8, 4) is 6.07 Å². The lowest BCUT2D eigenvalue weighted by Crippen LogP contribution is -2.20. The fourth-order valence-electron chi connectivity index (χ4n) is 4.35. The van der Waals surface area contributed by atoms with Crippen LogP contribution in [0.3, 0.4) is 0 Å². The molecule has 4 heterocycles. The van der Waals surface area contributed by atoms with Crippen LogP contribution in [-0.4, -0.2) is 40.8 Å². The van der Waals surface area contributed by atoms with Crippen LogP contribution < -0.4 is 10.6 Å². The molecular formula is C25H22F3N7O3S. The molecule has 1 atom stereocenters. The summed E-state index contributed by atoms with van der Waals surface area (Å²) in [6.07, 6.45) is -0.746. The van der Waals surface area contributed by atoms with Gasteiger partial charge >= 0.3 is 0 Å². The number of benzene rings is 1. The topological polar surface area (TPSA) is 135 Å². The molecule has 0 radical (unpaired) electrons. The highest BCUT2D eigenvalue weighted by Crippen LogP contribution is 2.37. The molecule has 1 unspecified atom stereocenters. The van der Waals surface area contributed by atoms with Crippen LogP contribution in [-0.2, 0) is 14.6 Å². The molecule has 14 heteroatoms. The smallest absolute Gasteiger partial charge is 0.295 e. The van der Waals surface area contributed by atoms with E-state index in [2.05, 4.69) is 25.6 Å². The molecule has 0 saturated carbocycles. The average molecular weight is 558 g/mol. The molecule has 39 heavy (non-hydrogen) atoms. The van der Waals surface area contributed by atoms with Crippen molar-refractivity contribution in [2.24, 2.45) is 0 Å². The van der Waals surface area contributed by atoms with Crippen LogP contribution in [0, 0.1) is 17.1 Å². The SMILES string of the molecule is CS(=O)(=O)c1cc(F)ccc1Nc1cc(Nc2cccc(C#N)n2)nc2c1nc(C(F)F)n2C1CCCCO1. The van der Waals surface area contributed by atoms with Crippen molar-refractivity contribution >= 4 is 44.0 Å². The number of alkyl halides is 2. The number of nitrogens with zero attached hydrogens (tertiary/aromatic N) is 5. The summed E-state index contributed by atoms with van der Waals surface area (Å²) in [6.45, 7) is 0.383. The molecule has 202 valence electrons. The van der Waals surface area contributed by atoms with Gasteiger partial charge in [0.1, 0.15) is 41.0 Å². The molecule has 10 nitrogen and oxygen atoms in total. The minimum Gasteiger partial charge on any atom is -0.358 e. The van der Waals surface area contributed by atoms with E-state index in [-0.39, 0.29) is 44.8 Å².